The molecule has 3 rings (SSSR count). The van der Waals surface area contributed by atoms with E-state index < -0.39 is 0 Å². The van der Waals surface area contributed by atoms with Gasteiger partial charge in [-0.15, -0.1) is 0 Å². The lowest BCUT2D eigenvalue weighted by atomic mass is 10.0. The molecule has 2 atom stereocenters. The molecule has 0 bridgehead atoms. The molecule has 4 heteroatoms. The van der Waals surface area contributed by atoms with E-state index in [1.165, 1.54) is 5.56 Å². The normalized spacial score (nSPS) is 18.9. The Morgan fingerprint density at radius 1 is 1.27 bits per heavy atom. The molecule has 22 heavy (non-hydrogen) atoms. The fourth-order valence-corrected chi connectivity index (χ4v) is 2.72. The van der Waals surface area contributed by atoms with Crippen LogP contribution >= 0.6 is 0 Å². The van der Waals surface area contributed by atoms with E-state index >= 15 is 0 Å². The minimum absolute atomic E-state index is 0.374. The van der Waals surface area contributed by atoms with Crippen molar-refractivity contribution in [1.82, 2.24) is 4.98 Å². The molecule has 116 valence electrons. The molecule has 1 saturated heterocycles. The smallest absolute Gasteiger partial charge is 0.128 e. The number of pyridine rings is 1. The second kappa shape index (κ2) is 7.27. The second-order valence-corrected chi connectivity index (χ2v) is 5.83. The number of hydrogen-bond acceptors (Lipinski definition) is 4. The molecule has 4 nitrogen and oxygen atoms in total. The van der Waals surface area contributed by atoms with Gasteiger partial charge < -0.3 is 15.4 Å². The Morgan fingerprint density at radius 3 is 2.91 bits per heavy atom. The molecule has 0 saturated carbocycles. The largest absolute Gasteiger partial charge is 0.381 e. The Morgan fingerprint density at radius 2 is 2.14 bits per heavy atom. The summed E-state index contributed by atoms with van der Waals surface area (Å²) in [6, 6.07) is 14.8. The van der Waals surface area contributed by atoms with Gasteiger partial charge in [0.05, 0.1) is 6.61 Å². The molecule has 2 N–H and O–H groups in total. The molecule has 2 aromatic rings. The van der Waals surface area contributed by atoms with Crippen LogP contribution in [0.25, 0.3) is 0 Å². The van der Waals surface area contributed by atoms with Crippen molar-refractivity contribution in [2.75, 3.05) is 23.8 Å². The van der Waals surface area contributed by atoms with Gasteiger partial charge in [-0.3, -0.25) is 0 Å². The maximum atomic E-state index is 5.45. The minimum Gasteiger partial charge on any atom is -0.381 e. The highest BCUT2D eigenvalue weighted by Crippen LogP contribution is 2.21. The molecule has 0 radical (unpaired) electrons. The Balaban J connectivity index is 1.57. The van der Waals surface area contributed by atoms with Crippen LogP contribution in [0.1, 0.15) is 18.9 Å². The number of nitrogens with zero attached hydrogens (tertiary/aromatic N) is 1. The summed E-state index contributed by atoms with van der Waals surface area (Å²) in [6.07, 6.45) is 2.97. The molecule has 1 aromatic carbocycles. The maximum Gasteiger partial charge on any atom is 0.128 e. The zero-order chi connectivity index (χ0) is 15.2. The zero-order valence-electron chi connectivity index (χ0n) is 13.0. The van der Waals surface area contributed by atoms with Crippen LogP contribution < -0.4 is 10.6 Å². The topological polar surface area (TPSA) is 46.2 Å². The van der Waals surface area contributed by atoms with Gasteiger partial charge >= 0.3 is 0 Å². The van der Waals surface area contributed by atoms with Gasteiger partial charge in [0.15, 0.2) is 0 Å². The monoisotopic (exact) mass is 297 g/mol. The number of anilines is 2. The summed E-state index contributed by atoms with van der Waals surface area (Å²) >= 11 is 0. The SMILES string of the molecule is CC(Nc1cc(NCc2ccccc2)ccn1)C1CCOC1. The summed E-state index contributed by atoms with van der Waals surface area (Å²) < 4.78 is 5.45. The second-order valence-electron chi connectivity index (χ2n) is 5.83. The summed E-state index contributed by atoms with van der Waals surface area (Å²) in [7, 11) is 0. The lowest BCUT2D eigenvalue weighted by molar-refractivity contribution is 0.183. The van der Waals surface area contributed by atoms with Crippen molar-refractivity contribution in [3.8, 4) is 0 Å². The molecule has 0 aliphatic carbocycles. The van der Waals surface area contributed by atoms with E-state index in [0.29, 0.717) is 12.0 Å². The molecule has 1 fully saturated rings. The average Bonchev–Trinajstić information content (AvgIpc) is 3.09. The zero-order valence-corrected chi connectivity index (χ0v) is 13.0. The molecular formula is C18H23N3O. The number of rotatable bonds is 6. The molecular weight excluding hydrogens is 274 g/mol. The van der Waals surface area contributed by atoms with E-state index in [2.05, 4.69) is 52.9 Å². The van der Waals surface area contributed by atoms with Crippen LogP contribution in [0, 0.1) is 5.92 Å². The summed E-state index contributed by atoms with van der Waals surface area (Å²) in [5, 5.41) is 6.93. The summed E-state index contributed by atoms with van der Waals surface area (Å²) in [6.45, 7) is 4.74. The van der Waals surface area contributed by atoms with Crippen molar-refractivity contribution in [3.05, 3.63) is 54.2 Å². The first kappa shape index (κ1) is 14.9. The number of aromatic nitrogens is 1. The highest BCUT2D eigenvalue weighted by molar-refractivity contribution is 5.52. The average molecular weight is 297 g/mol. The Bertz CT molecular complexity index is 582. The van der Waals surface area contributed by atoms with Crippen LogP contribution in [0.3, 0.4) is 0 Å². The third kappa shape index (κ3) is 3.98. The Kier molecular flexibility index (Phi) is 4.91. The van der Waals surface area contributed by atoms with Gasteiger partial charge in [0.1, 0.15) is 5.82 Å². The molecule has 2 unspecified atom stereocenters. The van der Waals surface area contributed by atoms with Gasteiger partial charge in [-0.05, 0) is 25.0 Å². The molecule has 1 aromatic heterocycles. The van der Waals surface area contributed by atoms with Gasteiger partial charge in [0.25, 0.3) is 0 Å². The van der Waals surface area contributed by atoms with Crippen LogP contribution in [0.5, 0.6) is 0 Å². The van der Waals surface area contributed by atoms with Crippen LogP contribution in [-0.2, 0) is 11.3 Å². The lowest BCUT2D eigenvalue weighted by Gasteiger charge is -2.20. The van der Waals surface area contributed by atoms with E-state index in [1.807, 2.05) is 18.3 Å². The van der Waals surface area contributed by atoms with Crippen molar-refractivity contribution >= 4 is 11.5 Å². The predicted molar refractivity (Wildman–Crippen MR) is 90.0 cm³/mol. The maximum absolute atomic E-state index is 5.45. The van der Waals surface area contributed by atoms with Crippen LogP contribution in [0.15, 0.2) is 48.7 Å². The molecule has 1 aliphatic rings. The van der Waals surface area contributed by atoms with E-state index in [9.17, 15) is 0 Å². The van der Waals surface area contributed by atoms with E-state index in [-0.39, 0.29) is 0 Å². The minimum atomic E-state index is 0.374. The van der Waals surface area contributed by atoms with E-state index in [4.69, 9.17) is 4.74 Å². The highest BCUT2D eigenvalue weighted by Gasteiger charge is 2.22. The van der Waals surface area contributed by atoms with Gasteiger partial charge in [-0.1, -0.05) is 30.3 Å². The first-order valence-corrected chi connectivity index (χ1v) is 7.89. The first-order valence-electron chi connectivity index (χ1n) is 7.89. The van der Waals surface area contributed by atoms with Crippen LogP contribution in [-0.4, -0.2) is 24.2 Å². The van der Waals surface area contributed by atoms with Crippen molar-refractivity contribution in [2.24, 2.45) is 5.92 Å². The number of ether oxygens (including phenoxy) is 1. The van der Waals surface area contributed by atoms with Crippen LogP contribution in [0.4, 0.5) is 11.5 Å². The van der Waals surface area contributed by atoms with Crippen molar-refractivity contribution in [2.45, 2.75) is 25.9 Å². The number of hydrogen-bond donors (Lipinski definition) is 2. The van der Waals surface area contributed by atoms with Gasteiger partial charge in [-0.2, -0.15) is 0 Å². The molecule has 0 amide bonds. The third-order valence-electron chi connectivity index (χ3n) is 4.15. The highest BCUT2D eigenvalue weighted by atomic mass is 16.5. The third-order valence-corrected chi connectivity index (χ3v) is 4.15. The standard InChI is InChI=1S/C18H23N3O/c1-14(16-8-10-22-13-16)21-18-11-17(7-9-19-18)20-12-15-5-3-2-4-6-15/h2-7,9,11,14,16H,8,10,12-13H2,1H3,(H2,19,20,21). The summed E-state index contributed by atoms with van der Waals surface area (Å²) in [5.74, 6) is 1.49. The van der Waals surface area contributed by atoms with Gasteiger partial charge in [0, 0.05) is 43.1 Å². The van der Waals surface area contributed by atoms with E-state index in [1.54, 1.807) is 0 Å². The quantitative estimate of drug-likeness (QED) is 0.856. The van der Waals surface area contributed by atoms with Crippen molar-refractivity contribution in [1.29, 1.82) is 0 Å². The molecule has 0 spiro atoms. The summed E-state index contributed by atoms with van der Waals surface area (Å²) in [5.41, 5.74) is 2.35. The van der Waals surface area contributed by atoms with E-state index in [0.717, 1.165) is 37.7 Å². The Labute approximate surface area is 131 Å². The molecule has 2 heterocycles. The fraction of sp³-hybridized carbons (Fsp3) is 0.389. The molecule has 1 aliphatic heterocycles. The van der Waals surface area contributed by atoms with Gasteiger partial charge in [-0.25, -0.2) is 4.98 Å². The van der Waals surface area contributed by atoms with Gasteiger partial charge in [0.2, 0.25) is 0 Å². The summed E-state index contributed by atoms with van der Waals surface area (Å²) in [4.78, 5) is 4.41. The number of benzene rings is 1. The van der Waals surface area contributed by atoms with Crippen LogP contribution in [0.2, 0.25) is 0 Å². The van der Waals surface area contributed by atoms with Crippen molar-refractivity contribution < 1.29 is 4.74 Å². The predicted octanol–water partition coefficient (Wildman–Crippen LogP) is 3.53. The Hall–Kier alpha value is -2.07. The number of nitrogens with one attached hydrogen (secondary N) is 2. The lowest BCUT2D eigenvalue weighted by Crippen LogP contribution is -2.26. The fourth-order valence-electron chi connectivity index (χ4n) is 2.72. The van der Waals surface area contributed by atoms with Crippen molar-refractivity contribution in [3.63, 3.8) is 0 Å². The first-order chi connectivity index (χ1) is 10.8.